The van der Waals surface area contributed by atoms with Gasteiger partial charge in [0.2, 0.25) is 11.8 Å². The number of fused-ring (bicyclic) bond motifs is 2. The van der Waals surface area contributed by atoms with Gasteiger partial charge in [0, 0.05) is 69.7 Å². The van der Waals surface area contributed by atoms with Gasteiger partial charge in [-0.1, -0.05) is 12.1 Å². The maximum Gasteiger partial charge on any atom is 0.329 e. The molecule has 52 heavy (non-hydrogen) atoms. The van der Waals surface area contributed by atoms with Crippen LogP contribution in [0, 0.1) is 0 Å². The van der Waals surface area contributed by atoms with E-state index in [1.165, 1.54) is 10.1 Å². The summed E-state index contributed by atoms with van der Waals surface area (Å²) in [4.78, 5) is 59.6. The molecule has 5 aromatic rings. The quantitative estimate of drug-likeness (QED) is 0.159. The van der Waals surface area contributed by atoms with Crippen molar-refractivity contribution in [3.63, 3.8) is 0 Å². The Bertz CT molecular complexity index is 2260. The Kier molecular flexibility index (Phi) is 8.65. The average molecular weight is 706 g/mol. The highest BCUT2D eigenvalue weighted by molar-refractivity contribution is 6.00. The summed E-state index contributed by atoms with van der Waals surface area (Å²) in [6, 6.07) is 16.1. The van der Waals surface area contributed by atoms with Crippen LogP contribution in [0.4, 0.5) is 22.9 Å². The molecule has 1 saturated carbocycles. The van der Waals surface area contributed by atoms with Crippen LogP contribution in [0.1, 0.15) is 60.6 Å². The summed E-state index contributed by atoms with van der Waals surface area (Å²) in [5, 5.41) is 16.7. The van der Waals surface area contributed by atoms with Gasteiger partial charge < -0.3 is 20.9 Å². The van der Waals surface area contributed by atoms with Crippen LogP contribution >= 0.6 is 0 Å². The number of aryl methyl sites for hydroxylation is 1. The van der Waals surface area contributed by atoms with E-state index in [-0.39, 0.29) is 30.0 Å². The maximum atomic E-state index is 13.2. The monoisotopic (exact) mass is 705 g/mol. The predicted molar refractivity (Wildman–Crippen MR) is 198 cm³/mol. The molecule has 3 fully saturated rings. The smallest absolute Gasteiger partial charge is 0.329 e. The molecule has 0 spiro atoms. The fourth-order valence-corrected chi connectivity index (χ4v) is 7.51. The number of nitrogens with zero attached hydrogens (tertiary/aromatic N) is 7. The maximum absolute atomic E-state index is 13.2. The molecule has 0 bridgehead atoms. The molecule has 4 N–H and O–H groups in total. The number of nitrogens with one attached hydrogen (secondary N) is 4. The predicted octanol–water partition coefficient (Wildman–Crippen LogP) is 3.14. The first-order valence-electron chi connectivity index (χ1n) is 17.9. The Morgan fingerprint density at radius 1 is 1.00 bits per heavy atom. The van der Waals surface area contributed by atoms with Gasteiger partial charge in [0.15, 0.2) is 17.2 Å². The third-order valence-electron chi connectivity index (χ3n) is 10.6. The second kappa shape index (κ2) is 13.5. The summed E-state index contributed by atoms with van der Waals surface area (Å²) in [6.07, 6.45) is 6.07. The summed E-state index contributed by atoms with van der Waals surface area (Å²) in [5.41, 5.74) is 6.06. The molecule has 0 radical (unpaired) electrons. The van der Waals surface area contributed by atoms with E-state index in [9.17, 15) is 19.2 Å². The number of carbonyl (C=O) groups is 3. The number of piperidine rings is 2. The molecule has 1 atom stereocenters. The van der Waals surface area contributed by atoms with Crippen molar-refractivity contribution in [3.05, 3.63) is 76.5 Å². The van der Waals surface area contributed by atoms with Crippen molar-refractivity contribution >= 4 is 57.3 Å². The number of amides is 3. The van der Waals surface area contributed by atoms with Gasteiger partial charge in [0.25, 0.3) is 5.91 Å². The minimum Gasteiger partial charge on any atom is -0.385 e. The third-order valence-corrected chi connectivity index (χ3v) is 10.6. The molecule has 2 aromatic carbocycles. The van der Waals surface area contributed by atoms with E-state index in [1.54, 1.807) is 22.3 Å². The lowest BCUT2D eigenvalue weighted by molar-refractivity contribution is -0.135. The minimum atomic E-state index is -0.698. The first-order valence-corrected chi connectivity index (χ1v) is 17.9. The molecule has 5 heterocycles. The zero-order valence-electron chi connectivity index (χ0n) is 29.6. The number of hydrogen-bond donors (Lipinski definition) is 4. The second-order valence-corrected chi connectivity index (χ2v) is 14.1. The average Bonchev–Trinajstić information content (AvgIpc) is 3.80. The molecule has 2 saturated heterocycles. The Balaban J connectivity index is 0.916. The van der Waals surface area contributed by atoms with E-state index < -0.39 is 11.9 Å². The van der Waals surface area contributed by atoms with E-state index in [0.717, 1.165) is 67.9 Å². The molecule has 1 unspecified atom stereocenters. The molecule has 1 aliphatic carbocycles. The van der Waals surface area contributed by atoms with Crippen molar-refractivity contribution in [1.29, 1.82) is 0 Å². The lowest BCUT2D eigenvalue weighted by Crippen LogP contribution is -2.44. The Labute approximate surface area is 300 Å². The lowest BCUT2D eigenvalue weighted by Gasteiger charge is -2.38. The first kappa shape index (κ1) is 33.4. The Morgan fingerprint density at radius 3 is 2.56 bits per heavy atom. The number of anilines is 4. The number of hydrogen-bond acceptors (Lipinski definition) is 10. The number of aromatic nitrogens is 5. The van der Waals surface area contributed by atoms with Crippen molar-refractivity contribution in [2.45, 2.75) is 63.2 Å². The van der Waals surface area contributed by atoms with E-state index in [1.807, 2.05) is 43.4 Å². The number of rotatable bonds is 10. The van der Waals surface area contributed by atoms with E-state index in [4.69, 9.17) is 5.10 Å². The van der Waals surface area contributed by atoms with Gasteiger partial charge in [-0.05, 0) is 75.0 Å². The fraction of sp³-hybridized carbons (Fsp3) is 0.405. The van der Waals surface area contributed by atoms with Crippen LogP contribution in [0.3, 0.4) is 0 Å². The van der Waals surface area contributed by atoms with Crippen LogP contribution in [0.25, 0.3) is 16.7 Å². The van der Waals surface area contributed by atoms with Crippen LogP contribution in [-0.2, 0) is 23.2 Å². The second-order valence-electron chi connectivity index (χ2n) is 14.1. The van der Waals surface area contributed by atoms with Gasteiger partial charge >= 0.3 is 5.69 Å². The highest BCUT2D eigenvalue weighted by Gasteiger charge is 2.32. The summed E-state index contributed by atoms with van der Waals surface area (Å²) >= 11 is 0. The third kappa shape index (κ3) is 6.36. The molecular formula is C37H43N11O4. The van der Waals surface area contributed by atoms with Gasteiger partial charge in [0.05, 0.1) is 22.9 Å². The van der Waals surface area contributed by atoms with E-state index in [0.29, 0.717) is 35.1 Å². The number of imide groups is 1. The summed E-state index contributed by atoms with van der Waals surface area (Å²) < 4.78 is 4.70. The van der Waals surface area contributed by atoms with Crippen molar-refractivity contribution in [1.82, 2.24) is 39.3 Å². The highest BCUT2D eigenvalue weighted by atomic mass is 16.2. The van der Waals surface area contributed by atoms with E-state index >= 15 is 0 Å². The van der Waals surface area contributed by atoms with Crippen molar-refractivity contribution < 1.29 is 14.4 Å². The van der Waals surface area contributed by atoms with Gasteiger partial charge in [-0.15, -0.1) is 5.10 Å². The zero-order chi connectivity index (χ0) is 36.1. The number of benzene rings is 2. The molecule has 3 amide bonds. The largest absolute Gasteiger partial charge is 0.385 e. The Morgan fingerprint density at radius 2 is 1.81 bits per heavy atom. The van der Waals surface area contributed by atoms with Crippen LogP contribution in [0.2, 0.25) is 0 Å². The topological polar surface area (TPSA) is 163 Å². The van der Waals surface area contributed by atoms with Gasteiger partial charge in [-0.3, -0.25) is 33.7 Å². The molecular weight excluding hydrogens is 662 g/mol. The van der Waals surface area contributed by atoms with Gasteiger partial charge in [0.1, 0.15) is 6.04 Å². The Hall–Kier alpha value is -5.70. The normalized spacial score (nSPS) is 18.3. The van der Waals surface area contributed by atoms with Crippen molar-refractivity contribution in [2.24, 2.45) is 7.05 Å². The summed E-state index contributed by atoms with van der Waals surface area (Å²) in [6.45, 7) is 2.53. The highest BCUT2D eigenvalue weighted by Crippen LogP contribution is 2.30. The zero-order valence-corrected chi connectivity index (χ0v) is 29.6. The lowest BCUT2D eigenvalue weighted by atomic mass is 10.0. The first-order chi connectivity index (χ1) is 25.2. The molecule has 3 aliphatic rings. The van der Waals surface area contributed by atoms with E-state index in [2.05, 4.69) is 55.2 Å². The molecule has 15 nitrogen and oxygen atoms in total. The minimum absolute atomic E-state index is 0.174. The molecule has 8 rings (SSSR count). The van der Waals surface area contributed by atoms with Gasteiger partial charge in [-0.2, -0.15) is 0 Å². The van der Waals surface area contributed by atoms with Crippen molar-refractivity contribution in [2.75, 3.05) is 42.7 Å². The molecule has 270 valence electrons. The fourth-order valence-electron chi connectivity index (χ4n) is 7.51. The van der Waals surface area contributed by atoms with Crippen LogP contribution in [0.15, 0.2) is 59.5 Å². The molecule has 15 heteroatoms. The van der Waals surface area contributed by atoms with Crippen LogP contribution in [-0.4, -0.2) is 85.6 Å². The SMILES string of the molecule is CNc1cc(Nc2cccc(CN(C)C3CCN(c4ccc5c(c4)n(C)c(=O)n5C4CCC(=O)NC4=O)CC3)c2)nn2c(C(=O)NC3CC3)cnc12. The van der Waals surface area contributed by atoms with Crippen LogP contribution < -0.4 is 31.9 Å². The number of imidazole rings is 2. The molecule has 2 aliphatic heterocycles. The number of carbonyl (C=O) groups excluding carboxylic acids is 3. The van der Waals surface area contributed by atoms with Gasteiger partial charge in [-0.25, -0.2) is 14.3 Å². The summed E-state index contributed by atoms with van der Waals surface area (Å²) in [7, 11) is 5.72. The summed E-state index contributed by atoms with van der Waals surface area (Å²) in [5.74, 6) is -0.309. The van der Waals surface area contributed by atoms with Crippen molar-refractivity contribution in [3.8, 4) is 0 Å². The van der Waals surface area contributed by atoms with Crippen LogP contribution in [0.5, 0.6) is 0 Å². The molecule has 3 aromatic heterocycles. The standard InChI is InChI=1S/C37H43N11O4/c1-38-27-19-32(43-48-31(20-39-34(27)48)36(51)41-23-7-8-23)40-24-6-4-5-22(17-24)21-44(2)25-13-15-46(16-14-25)26-9-10-28-30(18-26)45(3)37(52)47(28)29-11-12-33(49)42-35(29)50/h4-6,9-10,17-20,23,25,29,38H,7-8,11-16,21H2,1-3H3,(H,40,43)(H,41,51)(H,42,49,50).